The van der Waals surface area contributed by atoms with Gasteiger partial charge in [0, 0.05) is 48.6 Å². The molecule has 1 fully saturated rings. The molecule has 0 spiro atoms. The van der Waals surface area contributed by atoms with Crippen LogP contribution in [-0.2, 0) is 11.2 Å². The lowest BCUT2D eigenvalue weighted by atomic mass is 10.0. The van der Waals surface area contributed by atoms with Crippen molar-refractivity contribution in [3.8, 4) is 17.1 Å². The van der Waals surface area contributed by atoms with E-state index in [9.17, 15) is 9.59 Å². The average molecular weight is 390 g/mol. The summed E-state index contributed by atoms with van der Waals surface area (Å²) in [5.74, 6) is 1.33. The van der Waals surface area contributed by atoms with E-state index in [0.29, 0.717) is 31.0 Å². The summed E-state index contributed by atoms with van der Waals surface area (Å²) < 4.78 is 5.34. The van der Waals surface area contributed by atoms with Crippen LogP contribution in [0.4, 0.5) is 0 Å². The number of likely N-dealkylation sites (tertiary alicyclic amines) is 1. The molecule has 1 aliphatic heterocycles. The fourth-order valence-corrected chi connectivity index (χ4v) is 3.68. The predicted molar refractivity (Wildman–Crippen MR) is 109 cm³/mol. The molecule has 148 valence electrons. The first-order valence-electron chi connectivity index (χ1n) is 9.55. The largest absolute Gasteiger partial charge is 0.496 e. The molecule has 1 N–H and O–H groups in total. The Morgan fingerprint density at radius 1 is 1.24 bits per heavy atom. The molecule has 7 heteroatoms. The third-order valence-corrected chi connectivity index (χ3v) is 5.21. The lowest BCUT2D eigenvalue weighted by Crippen LogP contribution is -2.30. The van der Waals surface area contributed by atoms with Gasteiger partial charge in [0.25, 0.3) is 5.56 Å². The molecule has 0 radical (unpaired) electrons. The van der Waals surface area contributed by atoms with Gasteiger partial charge in [-0.3, -0.25) is 14.6 Å². The number of carbonyl (C=O) groups excluding carboxylic acids is 1. The van der Waals surface area contributed by atoms with Gasteiger partial charge in [-0.05, 0) is 24.6 Å². The number of nitrogens with one attached hydrogen (secondary N) is 1. The smallest absolute Gasteiger partial charge is 0.251 e. The summed E-state index contributed by atoms with van der Waals surface area (Å²) in [6.07, 6.45) is 4.40. The van der Waals surface area contributed by atoms with E-state index in [1.165, 1.54) is 6.07 Å². The number of pyridine rings is 1. The summed E-state index contributed by atoms with van der Waals surface area (Å²) in [6, 6.07) is 12.7. The zero-order valence-corrected chi connectivity index (χ0v) is 16.2. The lowest BCUT2D eigenvalue weighted by molar-refractivity contribution is -0.129. The van der Waals surface area contributed by atoms with Crippen molar-refractivity contribution in [2.45, 2.75) is 18.8 Å². The summed E-state index contributed by atoms with van der Waals surface area (Å²) in [5, 5.41) is 0. The molecule has 1 saturated heterocycles. The second kappa shape index (κ2) is 8.26. The van der Waals surface area contributed by atoms with E-state index in [4.69, 9.17) is 4.74 Å². The molecule has 2 aromatic heterocycles. The van der Waals surface area contributed by atoms with Crippen molar-refractivity contribution in [2.75, 3.05) is 20.2 Å². The maximum absolute atomic E-state index is 12.8. The molecule has 0 bridgehead atoms. The molecule has 3 aromatic rings. The number of H-pyrrole nitrogens is 1. The van der Waals surface area contributed by atoms with Crippen molar-refractivity contribution in [1.82, 2.24) is 19.9 Å². The van der Waals surface area contributed by atoms with Crippen LogP contribution in [0.5, 0.6) is 5.75 Å². The van der Waals surface area contributed by atoms with Gasteiger partial charge >= 0.3 is 0 Å². The third kappa shape index (κ3) is 4.18. The van der Waals surface area contributed by atoms with E-state index in [1.54, 1.807) is 31.6 Å². The topological polar surface area (TPSA) is 88.2 Å². The zero-order valence-electron chi connectivity index (χ0n) is 16.2. The highest BCUT2D eigenvalue weighted by atomic mass is 16.5. The van der Waals surface area contributed by atoms with Gasteiger partial charge in [0.2, 0.25) is 5.91 Å². The number of hydrogen-bond acceptors (Lipinski definition) is 5. The molecule has 1 aromatic carbocycles. The van der Waals surface area contributed by atoms with Crippen LogP contribution in [0.15, 0.2) is 59.7 Å². The fraction of sp³-hybridized carbons (Fsp3) is 0.273. The number of nitrogens with zero attached hydrogens (tertiary/aromatic N) is 3. The minimum absolute atomic E-state index is 0.0412. The first-order valence-corrected chi connectivity index (χ1v) is 9.55. The molecule has 7 nitrogen and oxygen atoms in total. The number of ether oxygens (including phenoxy) is 1. The van der Waals surface area contributed by atoms with E-state index in [-0.39, 0.29) is 17.4 Å². The van der Waals surface area contributed by atoms with Crippen molar-refractivity contribution < 1.29 is 9.53 Å². The second-order valence-corrected chi connectivity index (χ2v) is 7.07. The number of benzene rings is 1. The minimum atomic E-state index is -0.194. The van der Waals surface area contributed by atoms with E-state index in [1.807, 2.05) is 29.2 Å². The van der Waals surface area contributed by atoms with Crippen molar-refractivity contribution in [3.05, 3.63) is 76.5 Å². The molecule has 1 amide bonds. The molecule has 1 aliphatic rings. The van der Waals surface area contributed by atoms with Crippen LogP contribution in [0.25, 0.3) is 11.4 Å². The maximum atomic E-state index is 12.8. The van der Waals surface area contributed by atoms with Crippen molar-refractivity contribution in [2.24, 2.45) is 0 Å². The van der Waals surface area contributed by atoms with Gasteiger partial charge in [-0.2, -0.15) is 0 Å². The van der Waals surface area contributed by atoms with Crippen molar-refractivity contribution in [3.63, 3.8) is 0 Å². The van der Waals surface area contributed by atoms with Crippen LogP contribution in [-0.4, -0.2) is 46.0 Å². The summed E-state index contributed by atoms with van der Waals surface area (Å²) in [4.78, 5) is 38.2. The Morgan fingerprint density at radius 2 is 2.03 bits per heavy atom. The number of hydrogen-bond donors (Lipinski definition) is 1. The maximum Gasteiger partial charge on any atom is 0.251 e. The van der Waals surface area contributed by atoms with E-state index >= 15 is 0 Å². The number of rotatable bonds is 5. The fourth-order valence-electron chi connectivity index (χ4n) is 3.68. The highest BCUT2D eigenvalue weighted by molar-refractivity contribution is 5.80. The molecule has 1 atom stereocenters. The number of aromatic nitrogens is 3. The van der Waals surface area contributed by atoms with E-state index in [0.717, 1.165) is 23.3 Å². The molecule has 1 unspecified atom stereocenters. The van der Waals surface area contributed by atoms with Crippen molar-refractivity contribution in [1.29, 1.82) is 0 Å². The Kier molecular flexibility index (Phi) is 5.37. The Bertz CT molecular complexity index is 1060. The normalized spacial score (nSPS) is 16.0. The lowest BCUT2D eigenvalue weighted by Gasteiger charge is -2.17. The second-order valence-electron chi connectivity index (χ2n) is 7.07. The molecule has 0 aliphatic carbocycles. The zero-order chi connectivity index (χ0) is 20.2. The van der Waals surface area contributed by atoms with Crippen molar-refractivity contribution >= 4 is 5.91 Å². The van der Waals surface area contributed by atoms with Gasteiger partial charge < -0.3 is 14.6 Å². The Morgan fingerprint density at radius 3 is 2.83 bits per heavy atom. The SMILES string of the molecule is COc1ccccc1CC(=O)N1CCC(c2cc(=O)[nH]c(-c3ccncc3)n2)C1. The molecular formula is C22H22N4O3. The first-order chi connectivity index (χ1) is 14.1. The summed E-state index contributed by atoms with van der Waals surface area (Å²) in [5.41, 5.74) is 2.20. The number of para-hydroxylation sites is 1. The van der Waals surface area contributed by atoms with Crippen LogP contribution in [0, 0.1) is 0 Å². The van der Waals surface area contributed by atoms with Crippen LogP contribution in [0.1, 0.15) is 23.6 Å². The monoisotopic (exact) mass is 390 g/mol. The Balaban J connectivity index is 1.49. The molecule has 4 rings (SSSR count). The highest BCUT2D eigenvalue weighted by Gasteiger charge is 2.29. The number of methoxy groups -OCH3 is 1. The van der Waals surface area contributed by atoms with Gasteiger partial charge in [0.05, 0.1) is 19.2 Å². The Labute approximate surface area is 168 Å². The predicted octanol–water partition coefficient (Wildman–Crippen LogP) is 2.40. The Hall–Kier alpha value is -3.48. The first kappa shape index (κ1) is 18.9. The highest BCUT2D eigenvalue weighted by Crippen LogP contribution is 2.27. The number of amides is 1. The van der Waals surface area contributed by atoms with Crippen LogP contribution in [0.2, 0.25) is 0 Å². The van der Waals surface area contributed by atoms with Gasteiger partial charge in [-0.25, -0.2) is 4.98 Å². The standard InChI is InChI=1S/C22H22N4O3/c1-29-19-5-3-2-4-16(19)12-21(28)26-11-8-17(14-26)18-13-20(27)25-22(24-18)15-6-9-23-10-7-15/h2-7,9-10,13,17H,8,11-12,14H2,1H3,(H,24,25,27). The van der Waals surface area contributed by atoms with Crippen LogP contribution in [0.3, 0.4) is 0 Å². The van der Waals surface area contributed by atoms with E-state index in [2.05, 4.69) is 15.0 Å². The quantitative estimate of drug-likeness (QED) is 0.723. The molecular weight excluding hydrogens is 368 g/mol. The van der Waals surface area contributed by atoms with E-state index < -0.39 is 0 Å². The van der Waals surface area contributed by atoms with Gasteiger partial charge in [-0.1, -0.05) is 18.2 Å². The molecule has 3 heterocycles. The van der Waals surface area contributed by atoms with Crippen LogP contribution >= 0.6 is 0 Å². The third-order valence-electron chi connectivity index (χ3n) is 5.21. The van der Waals surface area contributed by atoms with Crippen LogP contribution < -0.4 is 10.3 Å². The van der Waals surface area contributed by atoms with Gasteiger partial charge in [0.1, 0.15) is 11.6 Å². The minimum Gasteiger partial charge on any atom is -0.496 e. The number of aromatic amines is 1. The molecule has 29 heavy (non-hydrogen) atoms. The summed E-state index contributed by atoms with van der Waals surface area (Å²) >= 11 is 0. The van der Waals surface area contributed by atoms with Gasteiger partial charge in [0.15, 0.2) is 0 Å². The molecule has 0 saturated carbocycles. The number of carbonyl (C=O) groups is 1. The summed E-state index contributed by atoms with van der Waals surface area (Å²) in [6.45, 7) is 1.21. The summed E-state index contributed by atoms with van der Waals surface area (Å²) in [7, 11) is 1.61. The average Bonchev–Trinajstić information content (AvgIpc) is 3.25. The van der Waals surface area contributed by atoms with Gasteiger partial charge in [-0.15, -0.1) is 0 Å².